The normalized spacial score (nSPS) is 10.3. The Morgan fingerprint density at radius 3 is 2.07 bits per heavy atom. The second kappa shape index (κ2) is 10.3. The van der Waals surface area contributed by atoms with Crippen LogP contribution in [-0.2, 0) is 16.1 Å². The van der Waals surface area contributed by atoms with Gasteiger partial charge in [-0.3, -0.25) is 0 Å². The first-order valence-electron chi connectivity index (χ1n) is 9.87. The van der Waals surface area contributed by atoms with E-state index in [-0.39, 0.29) is 24.3 Å². The van der Waals surface area contributed by atoms with E-state index in [2.05, 4.69) is 0 Å². The molecule has 0 aliphatic heterocycles. The van der Waals surface area contributed by atoms with Crippen LogP contribution in [0.15, 0.2) is 72.8 Å². The van der Waals surface area contributed by atoms with Crippen LogP contribution >= 0.6 is 0 Å². The van der Waals surface area contributed by atoms with Crippen molar-refractivity contribution in [3.63, 3.8) is 0 Å². The molecular formula is C25H24O5. The van der Waals surface area contributed by atoms with Gasteiger partial charge in [0.05, 0.1) is 24.3 Å². The fraction of sp³-hybridized carbons (Fsp3) is 0.200. The lowest BCUT2D eigenvalue weighted by molar-refractivity contribution is 0.0479. The van der Waals surface area contributed by atoms with E-state index in [1.54, 1.807) is 32.0 Å². The lowest BCUT2D eigenvalue weighted by Crippen LogP contribution is -2.14. The summed E-state index contributed by atoms with van der Waals surface area (Å²) >= 11 is 0. The van der Waals surface area contributed by atoms with E-state index in [1.165, 1.54) is 0 Å². The molecule has 3 aromatic rings. The highest BCUT2D eigenvalue weighted by atomic mass is 16.5. The predicted octanol–water partition coefficient (Wildman–Crippen LogP) is 5.29. The molecule has 0 spiro atoms. The lowest BCUT2D eigenvalue weighted by Gasteiger charge is -2.12. The molecular weight excluding hydrogens is 380 g/mol. The minimum absolute atomic E-state index is 0.184. The quantitative estimate of drug-likeness (QED) is 0.478. The number of hydrogen-bond donors (Lipinski definition) is 0. The van der Waals surface area contributed by atoms with Crippen molar-refractivity contribution in [2.45, 2.75) is 20.5 Å². The van der Waals surface area contributed by atoms with Gasteiger partial charge in [-0.25, -0.2) is 9.59 Å². The highest BCUT2D eigenvalue weighted by molar-refractivity contribution is 6.04. The lowest BCUT2D eigenvalue weighted by atomic mass is 9.99. The number of esters is 2. The number of hydrogen-bond acceptors (Lipinski definition) is 5. The van der Waals surface area contributed by atoms with Gasteiger partial charge in [0.1, 0.15) is 12.4 Å². The summed E-state index contributed by atoms with van der Waals surface area (Å²) < 4.78 is 16.1. The molecule has 0 saturated heterocycles. The first-order chi connectivity index (χ1) is 14.6. The van der Waals surface area contributed by atoms with Crippen LogP contribution in [0, 0.1) is 0 Å². The minimum Gasteiger partial charge on any atom is -0.489 e. The van der Waals surface area contributed by atoms with Crippen LogP contribution in [0.5, 0.6) is 5.75 Å². The minimum atomic E-state index is -0.557. The van der Waals surface area contributed by atoms with E-state index in [0.29, 0.717) is 12.4 Å². The largest absolute Gasteiger partial charge is 0.489 e. The molecule has 0 N–H and O–H groups in total. The first-order valence-corrected chi connectivity index (χ1v) is 9.87. The van der Waals surface area contributed by atoms with E-state index in [9.17, 15) is 9.59 Å². The molecule has 0 aliphatic rings. The van der Waals surface area contributed by atoms with Crippen molar-refractivity contribution >= 4 is 11.9 Å². The average Bonchev–Trinajstić information content (AvgIpc) is 2.78. The molecule has 0 aliphatic carbocycles. The van der Waals surface area contributed by atoms with Gasteiger partial charge >= 0.3 is 11.9 Å². The molecule has 0 radical (unpaired) electrons. The van der Waals surface area contributed by atoms with Crippen molar-refractivity contribution in [3.8, 4) is 16.9 Å². The van der Waals surface area contributed by atoms with E-state index in [1.807, 2.05) is 54.6 Å². The van der Waals surface area contributed by atoms with Crippen LogP contribution in [0.3, 0.4) is 0 Å². The summed E-state index contributed by atoms with van der Waals surface area (Å²) in [5, 5.41) is 0. The number of carbonyl (C=O) groups is 2. The second-order valence-corrected chi connectivity index (χ2v) is 6.50. The van der Waals surface area contributed by atoms with Crippen molar-refractivity contribution < 1.29 is 23.8 Å². The predicted molar refractivity (Wildman–Crippen MR) is 115 cm³/mol. The summed E-state index contributed by atoms with van der Waals surface area (Å²) in [6.07, 6.45) is 0. The summed E-state index contributed by atoms with van der Waals surface area (Å²) in [7, 11) is 0. The number of rotatable bonds is 8. The molecule has 154 valence electrons. The standard InChI is InChI=1S/C25H24O5/c1-3-28-24(26)22-14-13-20(16-23(22)25(27)29-4-2)19-11-8-12-21(15-19)30-17-18-9-6-5-7-10-18/h5-16H,3-4,17H2,1-2H3. The third kappa shape index (κ3) is 5.26. The first kappa shape index (κ1) is 21.1. The topological polar surface area (TPSA) is 61.8 Å². The Balaban J connectivity index is 1.88. The third-order valence-corrected chi connectivity index (χ3v) is 4.43. The molecule has 0 bridgehead atoms. The SMILES string of the molecule is CCOC(=O)c1ccc(-c2cccc(OCc3ccccc3)c2)cc1C(=O)OCC. The maximum atomic E-state index is 12.4. The Bertz CT molecular complexity index is 1010. The van der Waals surface area contributed by atoms with Crippen LogP contribution in [-0.4, -0.2) is 25.2 Å². The van der Waals surface area contributed by atoms with Crippen LogP contribution in [0.4, 0.5) is 0 Å². The van der Waals surface area contributed by atoms with E-state index in [0.717, 1.165) is 16.7 Å². The van der Waals surface area contributed by atoms with Crippen LogP contribution in [0.2, 0.25) is 0 Å². The van der Waals surface area contributed by atoms with Crippen molar-refractivity contribution in [3.05, 3.63) is 89.5 Å². The number of benzene rings is 3. The maximum absolute atomic E-state index is 12.4. The third-order valence-electron chi connectivity index (χ3n) is 4.43. The molecule has 0 fully saturated rings. The van der Waals surface area contributed by atoms with E-state index < -0.39 is 11.9 Å². The van der Waals surface area contributed by atoms with Gasteiger partial charge in [-0.15, -0.1) is 0 Å². The molecule has 0 amide bonds. The Morgan fingerprint density at radius 2 is 1.37 bits per heavy atom. The van der Waals surface area contributed by atoms with Gasteiger partial charge in [-0.05, 0) is 54.8 Å². The van der Waals surface area contributed by atoms with Gasteiger partial charge < -0.3 is 14.2 Å². The van der Waals surface area contributed by atoms with Crippen molar-refractivity contribution in [2.75, 3.05) is 13.2 Å². The molecule has 5 heteroatoms. The van der Waals surface area contributed by atoms with Gasteiger partial charge in [0.15, 0.2) is 0 Å². The van der Waals surface area contributed by atoms with Crippen molar-refractivity contribution in [1.29, 1.82) is 0 Å². The molecule has 0 saturated carbocycles. The van der Waals surface area contributed by atoms with Gasteiger partial charge in [-0.2, -0.15) is 0 Å². The zero-order valence-corrected chi connectivity index (χ0v) is 17.1. The van der Waals surface area contributed by atoms with Crippen molar-refractivity contribution in [1.82, 2.24) is 0 Å². The Labute approximate surface area is 176 Å². The molecule has 3 aromatic carbocycles. The summed E-state index contributed by atoms with van der Waals surface area (Å²) in [6, 6.07) is 22.5. The van der Waals surface area contributed by atoms with E-state index >= 15 is 0 Å². The van der Waals surface area contributed by atoms with Crippen LogP contribution in [0.1, 0.15) is 40.1 Å². The summed E-state index contributed by atoms with van der Waals surface area (Å²) in [5.74, 6) is -0.394. The van der Waals surface area contributed by atoms with Crippen LogP contribution in [0.25, 0.3) is 11.1 Å². The van der Waals surface area contributed by atoms with Crippen molar-refractivity contribution in [2.24, 2.45) is 0 Å². The maximum Gasteiger partial charge on any atom is 0.339 e. The zero-order valence-electron chi connectivity index (χ0n) is 17.1. The number of carbonyl (C=O) groups excluding carboxylic acids is 2. The highest BCUT2D eigenvalue weighted by Gasteiger charge is 2.20. The summed E-state index contributed by atoms with van der Waals surface area (Å²) in [4.78, 5) is 24.7. The Hall–Kier alpha value is -3.60. The van der Waals surface area contributed by atoms with E-state index in [4.69, 9.17) is 14.2 Å². The van der Waals surface area contributed by atoms with Gasteiger partial charge in [0.2, 0.25) is 0 Å². The molecule has 0 aromatic heterocycles. The molecule has 30 heavy (non-hydrogen) atoms. The van der Waals surface area contributed by atoms with Gasteiger partial charge in [0.25, 0.3) is 0 Å². The Kier molecular flexibility index (Phi) is 7.22. The molecule has 5 nitrogen and oxygen atoms in total. The average molecular weight is 404 g/mol. The highest BCUT2D eigenvalue weighted by Crippen LogP contribution is 2.27. The molecule has 0 heterocycles. The smallest absolute Gasteiger partial charge is 0.339 e. The fourth-order valence-electron chi connectivity index (χ4n) is 2.99. The summed E-state index contributed by atoms with van der Waals surface area (Å²) in [5.41, 5.74) is 3.09. The van der Waals surface area contributed by atoms with Gasteiger partial charge in [-0.1, -0.05) is 48.5 Å². The summed E-state index contributed by atoms with van der Waals surface area (Å²) in [6.45, 7) is 4.34. The van der Waals surface area contributed by atoms with Crippen LogP contribution < -0.4 is 4.74 Å². The number of ether oxygens (including phenoxy) is 3. The Morgan fingerprint density at radius 1 is 0.700 bits per heavy atom. The molecule has 0 atom stereocenters. The molecule has 3 rings (SSSR count). The fourth-order valence-corrected chi connectivity index (χ4v) is 2.99. The zero-order chi connectivity index (χ0) is 21.3. The molecule has 0 unspecified atom stereocenters. The monoisotopic (exact) mass is 404 g/mol. The van der Waals surface area contributed by atoms with Gasteiger partial charge in [0, 0.05) is 0 Å². The second-order valence-electron chi connectivity index (χ2n) is 6.50.